The standard InChI is InChI=1S/C24H24Br2FN7O/c1-2-12-35-21-16(13-17(25)14-20(21)26)15-28-33-23-30-22(29-19-8-6-18(27)7-9-19)31-24(32-23)34-10-4-3-5-11-34/h2,6-9,13-15H,1,3-5,10-12H2,(H2,29,30,31,32,33)/b28-15+. The van der Waals surface area contributed by atoms with Gasteiger partial charge < -0.3 is 15.0 Å². The van der Waals surface area contributed by atoms with Gasteiger partial charge in [0.25, 0.3) is 0 Å². The van der Waals surface area contributed by atoms with Crippen LogP contribution in [0.4, 0.5) is 27.9 Å². The van der Waals surface area contributed by atoms with Gasteiger partial charge in [0.1, 0.15) is 18.2 Å². The van der Waals surface area contributed by atoms with Gasteiger partial charge >= 0.3 is 0 Å². The van der Waals surface area contributed by atoms with Crippen LogP contribution in [0, 0.1) is 5.82 Å². The Kier molecular flexibility index (Phi) is 8.64. The van der Waals surface area contributed by atoms with Gasteiger partial charge in [-0.3, -0.25) is 0 Å². The normalized spacial score (nSPS) is 13.6. The molecule has 0 atom stereocenters. The molecular formula is C24H24Br2FN7O. The van der Waals surface area contributed by atoms with Crippen molar-refractivity contribution >= 4 is 61.6 Å². The van der Waals surface area contributed by atoms with Gasteiger partial charge in [0.05, 0.1) is 10.7 Å². The van der Waals surface area contributed by atoms with Crippen LogP contribution in [0.25, 0.3) is 0 Å². The zero-order valence-corrected chi connectivity index (χ0v) is 22.0. The molecule has 1 aliphatic rings. The van der Waals surface area contributed by atoms with Crippen molar-refractivity contribution in [1.82, 2.24) is 15.0 Å². The number of ether oxygens (including phenoxy) is 1. The highest BCUT2D eigenvalue weighted by molar-refractivity contribution is 9.11. The molecule has 2 heterocycles. The molecule has 182 valence electrons. The number of hydrazone groups is 1. The molecule has 2 N–H and O–H groups in total. The summed E-state index contributed by atoms with van der Waals surface area (Å²) >= 11 is 7.02. The molecule has 3 aromatic rings. The Bertz CT molecular complexity index is 1200. The molecule has 0 unspecified atom stereocenters. The molecule has 0 amide bonds. The Balaban J connectivity index is 1.59. The molecule has 1 fully saturated rings. The maximum Gasteiger partial charge on any atom is 0.250 e. The van der Waals surface area contributed by atoms with Crippen molar-refractivity contribution in [3.8, 4) is 5.75 Å². The Labute approximate surface area is 220 Å². The molecule has 1 saturated heterocycles. The molecule has 35 heavy (non-hydrogen) atoms. The van der Waals surface area contributed by atoms with Crippen LogP contribution < -0.4 is 20.4 Å². The predicted molar refractivity (Wildman–Crippen MR) is 144 cm³/mol. The number of rotatable bonds is 9. The lowest BCUT2D eigenvalue weighted by Gasteiger charge is -2.26. The van der Waals surface area contributed by atoms with E-state index in [4.69, 9.17) is 4.74 Å². The first-order valence-corrected chi connectivity index (χ1v) is 12.7. The number of halogens is 3. The number of nitrogens with zero attached hydrogens (tertiary/aromatic N) is 5. The van der Waals surface area contributed by atoms with Crippen LogP contribution in [-0.4, -0.2) is 40.9 Å². The number of nitrogens with one attached hydrogen (secondary N) is 2. The number of hydrogen-bond acceptors (Lipinski definition) is 8. The number of anilines is 4. The first-order chi connectivity index (χ1) is 17.0. The second kappa shape index (κ2) is 12.1. The third-order valence-corrected chi connectivity index (χ3v) is 6.16. The van der Waals surface area contributed by atoms with Gasteiger partial charge in [0.2, 0.25) is 17.8 Å². The maximum absolute atomic E-state index is 13.3. The summed E-state index contributed by atoms with van der Waals surface area (Å²) in [6, 6.07) is 9.79. The van der Waals surface area contributed by atoms with Crippen molar-refractivity contribution in [3.05, 3.63) is 69.4 Å². The van der Waals surface area contributed by atoms with Crippen molar-refractivity contribution in [3.63, 3.8) is 0 Å². The fourth-order valence-electron chi connectivity index (χ4n) is 3.50. The minimum Gasteiger partial charge on any atom is -0.488 e. The first-order valence-electron chi connectivity index (χ1n) is 11.1. The van der Waals surface area contributed by atoms with Crippen LogP contribution in [-0.2, 0) is 0 Å². The van der Waals surface area contributed by atoms with Gasteiger partial charge in [0, 0.05) is 28.8 Å². The van der Waals surface area contributed by atoms with E-state index in [-0.39, 0.29) is 11.8 Å². The molecule has 11 heteroatoms. The highest BCUT2D eigenvalue weighted by atomic mass is 79.9. The number of hydrogen-bond donors (Lipinski definition) is 2. The van der Waals surface area contributed by atoms with E-state index in [1.54, 1.807) is 24.4 Å². The summed E-state index contributed by atoms with van der Waals surface area (Å²) in [7, 11) is 0. The van der Waals surface area contributed by atoms with Crippen LogP contribution in [0.3, 0.4) is 0 Å². The molecule has 8 nitrogen and oxygen atoms in total. The zero-order chi connectivity index (χ0) is 24.6. The van der Waals surface area contributed by atoms with Gasteiger partial charge in [-0.15, -0.1) is 0 Å². The van der Waals surface area contributed by atoms with Gasteiger partial charge in [-0.1, -0.05) is 28.6 Å². The third-order valence-electron chi connectivity index (χ3n) is 5.11. The summed E-state index contributed by atoms with van der Waals surface area (Å²) in [5, 5.41) is 7.45. The molecule has 1 aromatic heterocycles. The fourth-order valence-corrected chi connectivity index (χ4v) is 4.87. The molecular weight excluding hydrogens is 581 g/mol. The lowest BCUT2D eigenvalue weighted by atomic mass is 10.1. The minimum atomic E-state index is -0.312. The van der Waals surface area contributed by atoms with Crippen LogP contribution in [0.1, 0.15) is 24.8 Å². The molecule has 0 saturated carbocycles. The van der Waals surface area contributed by atoms with Crippen LogP contribution in [0.5, 0.6) is 5.75 Å². The van der Waals surface area contributed by atoms with E-state index in [2.05, 4.69) is 74.1 Å². The summed E-state index contributed by atoms with van der Waals surface area (Å²) in [4.78, 5) is 15.7. The van der Waals surface area contributed by atoms with Gasteiger partial charge in [-0.2, -0.15) is 20.1 Å². The van der Waals surface area contributed by atoms with E-state index in [1.165, 1.54) is 18.6 Å². The highest BCUT2D eigenvalue weighted by Crippen LogP contribution is 2.32. The first kappa shape index (κ1) is 25.1. The molecule has 0 spiro atoms. The molecule has 1 aliphatic heterocycles. The number of piperidine rings is 1. The second-order valence-corrected chi connectivity index (χ2v) is 9.51. The Hall–Kier alpha value is -3.05. The van der Waals surface area contributed by atoms with Gasteiger partial charge in [-0.25, -0.2) is 9.82 Å². The summed E-state index contributed by atoms with van der Waals surface area (Å²) in [6.45, 7) is 5.81. The quantitative estimate of drug-likeness (QED) is 0.169. The van der Waals surface area contributed by atoms with Gasteiger partial charge in [0.15, 0.2) is 0 Å². The monoisotopic (exact) mass is 603 g/mol. The third kappa shape index (κ3) is 6.98. The fraction of sp³-hybridized carbons (Fsp3) is 0.250. The van der Waals surface area contributed by atoms with Gasteiger partial charge in [-0.05, 0) is 71.6 Å². The van der Waals surface area contributed by atoms with E-state index < -0.39 is 0 Å². The van der Waals surface area contributed by atoms with E-state index in [1.807, 2.05) is 12.1 Å². The topological polar surface area (TPSA) is 87.6 Å². The molecule has 0 bridgehead atoms. The molecule has 0 radical (unpaired) electrons. The summed E-state index contributed by atoms with van der Waals surface area (Å²) in [5.74, 6) is 1.51. The second-order valence-electron chi connectivity index (χ2n) is 7.74. The van der Waals surface area contributed by atoms with E-state index >= 15 is 0 Å². The maximum atomic E-state index is 13.3. The van der Waals surface area contributed by atoms with E-state index in [9.17, 15) is 4.39 Å². The summed E-state index contributed by atoms with van der Waals surface area (Å²) in [5.41, 5.74) is 4.32. The minimum absolute atomic E-state index is 0.282. The lowest BCUT2D eigenvalue weighted by Crippen LogP contribution is -2.31. The number of benzene rings is 2. The zero-order valence-electron chi connectivity index (χ0n) is 18.8. The Morgan fingerprint density at radius 2 is 1.80 bits per heavy atom. The van der Waals surface area contributed by atoms with Crippen molar-refractivity contribution in [2.45, 2.75) is 19.3 Å². The van der Waals surface area contributed by atoms with E-state index in [0.29, 0.717) is 29.9 Å². The van der Waals surface area contributed by atoms with Crippen LogP contribution in [0.15, 0.2) is 63.1 Å². The Morgan fingerprint density at radius 3 is 2.54 bits per heavy atom. The van der Waals surface area contributed by atoms with Crippen molar-refractivity contribution in [2.75, 3.05) is 35.3 Å². The average Bonchev–Trinajstić information content (AvgIpc) is 2.85. The largest absolute Gasteiger partial charge is 0.488 e. The van der Waals surface area contributed by atoms with E-state index in [0.717, 1.165) is 40.4 Å². The molecule has 4 rings (SSSR count). The molecule has 2 aromatic carbocycles. The predicted octanol–water partition coefficient (Wildman–Crippen LogP) is 6.28. The van der Waals surface area contributed by atoms with Crippen molar-refractivity contribution in [2.24, 2.45) is 5.10 Å². The van der Waals surface area contributed by atoms with Crippen LogP contribution in [0.2, 0.25) is 0 Å². The SMILES string of the molecule is C=CCOc1c(Br)cc(Br)cc1/C=N/Nc1nc(Nc2ccc(F)cc2)nc(N2CCCCC2)n1. The molecule has 0 aliphatic carbocycles. The Morgan fingerprint density at radius 1 is 1.06 bits per heavy atom. The van der Waals surface area contributed by atoms with Crippen LogP contribution >= 0.6 is 31.9 Å². The lowest BCUT2D eigenvalue weighted by molar-refractivity contribution is 0.360. The summed E-state index contributed by atoms with van der Waals surface area (Å²) in [6.07, 6.45) is 6.66. The van der Waals surface area contributed by atoms with Crippen molar-refractivity contribution < 1.29 is 9.13 Å². The average molecular weight is 605 g/mol. The number of aromatic nitrogens is 3. The highest BCUT2D eigenvalue weighted by Gasteiger charge is 2.16. The van der Waals surface area contributed by atoms with Crippen molar-refractivity contribution in [1.29, 1.82) is 0 Å². The summed E-state index contributed by atoms with van der Waals surface area (Å²) < 4.78 is 20.7. The smallest absolute Gasteiger partial charge is 0.250 e.